The van der Waals surface area contributed by atoms with E-state index in [1.54, 1.807) is 24.4 Å². The molecule has 0 aromatic carbocycles. The van der Waals surface area contributed by atoms with Gasteiger partial charge in [-0.05, 0) is 24.3 Å². The largest absolute Gasteiger partial charge is 0.478 e. The Bertz CT molecular complexity index is 622. The number of carboxylic acids is 1. The van der Waals surface area contributed by atoms with Crippen molar-refractivity contribution in [3.8, 4) is 0 Å². The van der Waals surface area contributed by atoms with Crippen molar-refractivity contribution in [2.24, 2.45) is 0 Å². The van der Waals surface area contributed by atoms with Gasteiger partial charge in [0.2, 0.25) is 0 Å². The predicted octanol–water partition coefficient (Wildman–Crippen LogP) is 3.77. The van der Waals surface area contributed by atoms with Gasteiger partial charge in [0.1, 0.15) is 10.2 Å². The van der Waals surface area contributed by atoms with Crippen LogP contribution in [0.4, 0.5) is 0 Å². The first-order valence-corrected chi connectivity index (χ1v) is 6.94. The molecule has 1 N–H and O–H groups in total. The Balaban J connectivity index is 2.19. The van der Waals surface area contributed by atoms with Gasteiger partial charge in [-0.3, -0.25) is 0 Å². The van der Waals surface area contributed by atoms with Gasteiger partial charge in [-0.1, -0.05) is 35.0 Å². The number of nitrogens with zero attached hydrogens (tertiary/aromatic N) is 2. The summed E-state index contributed by atoms with van der Waals surface area (Å²) in [7, 11) is 0. The van der Waals surface area contributed by atoms with Crippen molar-refractivity contribution in [2.45, 2.75) is 10.8 Å². The molecule has 98 valence electrons. The van der Waals surface area contributed by atoms with Gasteiger partial charge in [0, 0.05) is 11.9 Å². The lowest BCUT2D eigenvalue weighted by Crippen LogP contribution is -2.00. The molecule has 0 saturated heterocycles. The number of carboxylic acid groups (broad SMARTS) is 1. The van der Waals surface area contributed by atoms with Crippen LogP contribution in [-0.4, -0.2) is 21.0 Å². The van der Waals surface area contributed by atoms with E-state index in [9.17, 15) is 4.79 Å². The summed E-state index contributed by atoms with van der Waals surface area (Å²) in [5.74, 6) is -0.614. The first-order chi connectivity index (χ1) is 9.08. The van der Waals surface area contributed by atoms with Crippen molar-refractivity contribution in [3.63, 3.8) is 0 Å². The van der Waals surface area contributed by atoms with Crippen molar-refractivity contribution in [2.75, 3.05) is 0 Å². The van der Waals surface area contributed by atoms with Gasteiger partial charge in [0.15, 0.2) is 0 Å². The third-order valence-electron chi connectivity index (χ3n) is 2.23. The van der Waals surface area contributed by atoms with Crippen molar-refractivity contribution >= 4 is 40.9 Å². The molecular weight excluding hydrogens is 307 g/mol. The lowest BCUT2D eigenvalue weighted by Gasteiger charge is -2.05. The molecule has 7 heteroatoms. The third kappa shape index (κ3) is 3.59. The number of thioether (sulfide) groups is 1. The fraction of sp³-hybridized carbons (Fsp3) is 0.0833. The summed E-state index contributed by atoms with van der Waals surface area (Å²) in [5, 5.41) is 10.3. The SMILES string of the molecule is O=C(O)c1cccnc1SCc1nc(Cl)ccc1Cl. The van der Waals surface area contributed by atoms with E-state index in [0.29, 0.717) is 26.6 Å². The van der Waals surface area contributed by atoms with Crippen LogP contribution in [0.3, 0.4) is 0 Å². The molecule has 2 aromatic heterocycles. The smallest absolute Gasteiger partial charge is 0.338 e. The Morgan fingerprint density at radius 1 is 1.32 bits per heavy atom. The zero-order valence-corrected chi connectivity index (χ0v) is 11.8. The van der Waals surface area contributed by atoms with Crippen molar-refractivity contribution in [1.29, 1.82) is 0 Å². The Hall–Kier alpha value is -1.30. The number of halogens is 2. The molecule has 2 aromatic rings. The Morgan fingerprint density at radius 3 is 2.84 bits per heavy atom. The molecule has 0 atom stereocenters. The molecule has 0 saturated carbocycles. The summed E-state index contributed by atoms with van der Waals surface area (Å²) < 4.78 is 0. The van der Waals surface area contributed by atoms with Gasteiger partial charge in [0.25, 0.3) is 0 Å². The highest BCUT2D eigenvalue weighted by Gasteiger charge is 2.12. The molecule has 0 bridgehead atoms. The predicted molar refractivity (Wildman–Crippen MR) is 75.0 cm³/mol. The van der Waals surface area contributed by atoms with Gasteiger partial charge in [-0.2, -0.15) is 0 Å². The van der Waals surface area contributed by atoms with Gasteiger partial charge >= 0.3 is 5.97 Å². The molecule has 0 aliphatic heterocycles. The second kappa shape index (κ2) is 6.23. The molecule has 0 radical (unpaired) electrons. The van der Waals surface area contributed by atoms with E-state index < -0.39 is 5.97 Å². The van der Waals surface area contributed by atoms with Crippen LogP contribution in [0.2, 0.25) is 10.2 Å². The highest BCUT2D eigenvalue weighted by Crippen LogP contribution is 2.27. The minimum atomic E-state index is -1.01. The quantitative estimate of drug-likeness (QED) is 0.687. The Labute approximate surface area is 123 Å². The summed E-state index contributed by atoms with van der Waals surface area (Å²) >= 11 is 13.0. The highest BCUT2D eigenvalue weighted by atomic mass is 35.5. The first-order valence-electron chi connectivity index (χ1n) is 5.20. The molecule has 2 heterocycles. The average Bonchev–Trinajstić information content (AvgIpc) is 2.40. The molecule has 0 amide bonds. The monoisotopic (exact) mass is 314 g/mol. The molecule has 0 unspecified atom stereocenters. The van der Waals surface area contributed by atoms with Crippen LogP contribution < -0.4 is 0 Å². The van der Waals surface area contributed by atoms with Crippen molar-refractivity contribution in [3.05, 3.63) is 51.9 Å². The lowest BCUT2D eigenvalue weighted by atomic mass is 10.3. The Morgan fingerprint density at radius 2 is 2.11 bits per heavy atom. The second-order valence-electron chi connectivity index (χ2n) is 3.51. The molecule has 19 heavy (non-hydrogen) atoms. The molecule has 0 fully saturated rings. The van der Waals surface area contributed by atoms with E-state index in [-0.39, 0.29) is 5.56 Å². The maximum absolute atomic E-state index is 11.0. The number of carbonyl (C=O) groups is 1. The van der Waals surface area contributed by atoms with Gasteiger partial charge in [-0.25, -0.2) is 14.8 Å². The molecule has 0 spiro atoms. The van der Waals surface area contributed by atoms with Crippen LogP contribution >= 0.6 is 35.0 Å². The summed E-state index contributed by atoms with van der Waals surface area (Å²) in [6, 6.07) is 6.34. The summed E-state index contributed by atoms with van der Waals surface area (Å²) in [5.41, 5.74) is 0.756. The maximum Gasteiger partial charge on any atom is 0.338 e. The average molecular weight is 315 g/mol. The molecule has 0 aliphatic rings. The summed E-state index contributed by atoms with van der Waals surface area (Å²) in [6.45, 7) is 0. The fourth-order valence-electron chi connectivity index (χ4n) is 1.36. The maximum atomic E-state index is 11.0. The summed E-state index contributed by atoms with van der Waals surface area (Å²) in [6.07, 6.45) is 1.54. The van der Waals surface area contributed by atoms with Crippen molar-refractivity contribution in [1.82, 2.24) is 9.97 Å². The number of hydrogen-bond donors (Lipinski definition) is 1. The number of pyridine rings is 2. The van der Waals surface area contributed by atoms with Gasteiger partial charge < -0.3 is 5.11 Å². The van der Waals surface area contributed by atoms with Crippen LogP contribution in [-0.2, 0) is 5.75 Å². The topological polar surface area (TPSA) is 63.1 Å². The minimum absolute atomic E-state index is 0.158. The van der Waals surface area contributed by atoms with Crippen LogP contribution in [0, 0.1) is 0 Å². The van der Waals surface area contributed by atoms with E-state index in [0.717, 1.165) is 0 Å². The standard InChI is InChI=1S/C12H8Cl2N2O2S/c13-8-3-4-10(14)16-9(8)6-19-11-7(12(17)18)2-1-5-15-11/h1-5H,6H2,(H,17,18). The number of aromatic carboxylic acids is 1. The van der Waals surface area contributed by atoms with Crippen molar-refractivity contribution < 1.29 is 9.90 Å². The summed E-state index contributed by atoms with van der Waals surface area (Å²) in [4.78, 5) is 19.2. The van der Waals surface area contributed by atoms with E-state index in [4.69, 9.17) is 28.3 Å². The van der Waals surface area contributed by atoms with Crippen LogP contribution in [0.5, 0.6) is 0 Å². The number of rotatable bonds is 4. The lowest BCUT2D eigenvalue weighted by molar-refractivity contribution is 0.0692. The van der Waals surface area contributed by atoms with Gasteiger partial charge in [0.05, 0.1) is 16.3 Å². The third-order valence-corrected chi connectivity index (χ3v) is 3.80. The molecule has 4 nitrogen and oxygen atoms in total. The van der Waals surface area contributed by atoms with E-state index >= 15 is 0 Å². The first kappa shape index (κ1) is 14.1. The zero-order chi connectivity index (χ0) is 13.8. The number of hydrogen-bond acceptors (Lipinski definition) is 4. The zero-order valence-electron chi connectivity index (χ0n) is 9.51. The highest BCUT2D eigenvalue weighted by molar-refractivity contribution is 7.98. The van der Waals surface area contributed by atoms with E-state index in [1.165, 1.54) is 17.8 Å². The molecule has 2 rings (SSSR count). The van der Waals surface area contributed by atoms with E-state index in [2.05, 4.69) is 9.97 Å². The second-order valence-corrected chi connectivity index (χ2v) is 5.27. The van der Waals surface area contributed by atoms with Crippen LogP contribution in [0.15, 0.2) is 35.5 Å². The van der Waals surface area contributed by atoms with Crippen LogP contribution in [0.1, 0.15) is 16.1 Å². The van der Waals surface area contributed by atoms with Crippen LogP contribution in [0.25, 0.3) is 0 Å². The van der Waals surface area contributed by atoms with E-state index in [1.807, 2.05) is 0 Å². The molecular formula is C12H8Cl2N2O2S. The minimum Gasteiger partial charge on any atom is -0.478 e. The fourth-order valence-corrected chi connectivity index (χ4v) is 2.72. The van der Waals surface area contributed by atoms with Gasteiger partial charge in [-0.15, -0.1) is 0 Å². The molecule has 0 aliphatic carbocycles. The number of aromatic nitrogens is 2. The Kier molecular flexibility index (Phi) is 4.63. The normalized spacial score (nSPS) is 10.4.